The molecule has 2 fully saturated rings. The maximum absolute atomic E-state index is 12.6. The summed E-state index contributed by atoms with van der Waals surface area (Å²) in [5, 5.41) is 11.3. The molecule has 3 rings (SSSR count). The highest BCUT2D eigenvalue weighted by Crippen LogP contribution is 2.29. The number of hydrogen-bond donors (Lipinski definition) is 2. The molecule has 1 atom stereocenters. The first-order valence-electron chi connectivity index (χ1n) is 9.17. The number of fused-ring (bicyclic) bond motifs is 1. The Labute approximate surface area is 153 Å². The zero-order valence-corrected chi connectivity index (χ0v) is 15.3. The Morgan fingerprint density at radius 3 is 2.58 bits per heavy atom. The van der Waals surface area contributed by atoms with Gasteiger partial charge in [-0.15, -0.1) is 0 Å². The minimum absolute atomic E-state index is 0.0653. The van der Waals surface area contributed by atoms with Gasteiger partial charge in [-0.05, 0) is 19.3 Å². The molecule has 0 unspecified atom stereocenters. The summed E-state index contributed by atoms with van der Waals surface area (Å²) in [6, 6.07) is -0.561. The SMILES string of the molecule is CCC[C@@H](NC(=O)O)C(=O)N1CCC(N2CN3CN(C)C=C3C2=O)CC1. The zero-order chi connectivity index (χ0) is 18.8. The molecule has 0 aromatic carbocycles. The van der Waals surface area contributed by atoms with Crippen LogP contribution in [0.15, 0.2) is 11.9 Å². The highest BCUT2D eigenvalue weighted by atomic mass is 16.4. The Morgan fingerprint density at radius 1 is 1.31 bits per heavy atom. The number of rotatable bonds is 5. The predicted molar refractivity (Wildman–Crippen MR) is 93.7 cm³/mol. The van der Waals surface area contributed by atoms with Gasteiger partial charge >= 0.3 is 6.09 Å². The zero-order valence-electron chi connectivity index (χ0n) is 15.3. The third-order valence-electron chi connectivity index (χ3n) is 5.27. The van der Waals surface area contributed by atoms with Gasteiger partial charge in [-0.2, -0.15) is 0 Å². The van der Waals surface area contributed by atoms with E-state index in [1.807, 2.05) is 30.0 Å². The largest absolute Gasteiger partial charge is 0.465 e. The van der Waals surface area contributed by atoms with Crippen LogP contribution in [-0.4, -0.2) is 88.2 Å². The average molecular weight is 365 g/mol. The smallest absolute Gasteiger partial charge is 0.405 e. The van der Waals surface area contributed by atoms with Crippen LogP contribution in [0.5, 0.6) is 0 Å². The molecule has 0 aromatic rings. The summed E-state index contributed by atoms with van der Waals surface area (Å²) < 4.78 is 0. The lowest BCUT2D eigenvalue weighted by Gasteiger charge is -2.37. The fraction of sp³-hybridized carbons (Fsp3) is 0.706. The van der Waals surface area contributed by atoms with Crippen LogP contribution < -0.4 is 5.32 Å². The van der Waals surface area contributed by atoms with E-state index in [9.17, 15) is 14.4 Å². The first-order chi connectivity index (χ1) is 12.4. The fourth-order valence-corrected chi connectivity index (χ4v) is 3.98. The van der Waals surface area contributed by atoms with Gasteiger partial charge in [-0.25, -0.2) is 4.79 Å². The number of carbonyl (C=O) groups excluding carboxylic acids is 2. The van der Waals surface area contributed by atoms with Gasteiger partial charge in [0.1, 0.15) is 11.7 Å². The van der Waals surface area contributed by atoms with Crippen LogP contribution in [0.1, 0.15) is 32.6 Å². The number of carbonyl (C=O) groups is 3. The second kappa shape index (κ2) is 7.43. The standard InChI is InChI=1S/C17H27N5O4/c1-3-4-13(18-17(25)26)15(23)20-7-5-12(6-8-20)22-11-21-10-19(2)9-14(21)16(22)24/h9,12-13,18H,3-8,10-11H2,1-2H3,(H,25,26)/t13-/m1/s1. The van der Waals surface area contributed by atoms with Crippen molar-refractivity contribution in [2.45, 2.75) is 44.7 Å². The van der Waals surface area contributed by atoms with Gasteiger partial charge < -0.3 is 30.0 Å². The average Bonchev–Trinajstić information content (AvgIpc) is 3.11. The molecular weight excluding hydrogens is 338 g/mol. The molecule has 3 heterocycles. The Bertz CT molecular complexity index is 614. The van der Waals surface area contributed by atoms with Crippen LogP contribution in [0.25, 0.3) is 0 Å². The van der Waals surface area contributed by atoms with Crippen LogP contribution in [0.4, 0.5) is 4.79 Å². The molecule has 3 aliphatic heterocycles. The molecule has 2 saturated heterocycles. The van der Waals surface area contributed by atoms with E-state index in [4.69, 9.17) is 5.11 Å². The van der Waals surface area contributed by atoms with E-state index in [0.717, 1.165) is 31.6 Å². The number of likely N-dealkylation sites (tertiary alicyclic amines) is 1. The summed E-state index contributed by atoms with van der Waals surface area (Å²) in [5.74, 6) is -0.0964. The third kappa shape index (κ3) is 3.56. The van der Waals surface area contributed by atoms with Crippen molar-refractivity contribution < 1.29 is 19.5 Å². The molecule has 0 saturated carbocycles. The number of nitrogens with zero attached hydrogens (tertiary/aromatic N) is 4. The maximum Gasteiger partial charge on any atom is 0.405 e. The number of hydrogen-bond acceptors (Lipinski definition) is 5. The summed E-state index contributed by atoms with van der Waals surface area (Å²) >= 11 is 0. The van der Waals surface area contributed by atoms with Gasteiger partial charge in [0.15, 0.2) is 0 Å². The Balaban J connectivity index is 1.56. The van der Waals surface area contributed by atoms with Crippen molar-refractivity contribution in [3.63, 3.8) is 0 Å². The molecule has 9 nitrogen and oxygen atoms in total. The van der Waals surface area contributed by atoms with Crippen LogP contribution in [0.3, 0.4) is 0 Å². The molecule has 0 aromatic heterocycles. The first kappa shape index (κ1) is 18.3. The number of carboxylic acid groups (broad SMARTS) is 1. The monoisotopic (exact) mass is 365 g/mol. The molecule has 2 N–H and O–H groups in total. The summed E-state index contributed by atoms with van der Waals surface area (Å²) in [5.41, 5.74) is 0.750. The van der Waals surface area contributed by atoms with E-state index in [-0.39, 0.29) is 17.9 Å². The van der Waals surface area contributed by atoms with Crippen molar-refractivity contribution in [2.75, 3.05) is 33.5 Å². The minimum Gasteiger partial charge on any atom is -0.465 e. The van der Waals surface area contributed by atoms with E-state index in [1.165, 1.54) is 0 Å². The van der Waals surface area contributed by atoms with Crippen molar-refractivity contribution >= 4 is 17.9 Å². The molecule has 3 aliphatic rings. The molecule has 0 bridgehead atoms. The number of piperidine rings is 1. The van der Waals surface area contributed by atoms with Crippen molar-refractivity contribution in [3.8, 4) is 0 Å². The molecule has 9 heteroatoms. The van der Waals surface area contributed by atoms with Gasteiger partial charge in [0, 0.05) is 32.4 Å². The minimum atomic E-state index is -1.17. The van der Waals surface area contributed by atoms with Gasteiger partial charge in [0.2, 0.25) is 5.91 Å². The maximum atomic E-state index is 12.6. The quantitative estimate of drug-likeness (QED) is 0.726. The van der Waals surface area contributed by atoms with Crippen molar-refractivity contribution in [2.24, 2.45) is 0 Å². The summed E-state index contributed by atoms with van der Waals surface area (Å²) in [7, 11) is 1.95. The van der Waals surface area contributed by atoms with Crippen molar-refractivity contribution in [3.05, 3.63) is 11.9 Å². The van der Waals surface area contributed by atoms with Crippen LogP contribution in [0.2, 0.25) is 0 Å². The van der Waals surface area contributed by atoms with Gasteiger partial charge in [-0.3, -0.25) is 9.59 Å². The Hall–Kier alpha value is -2.45. The highest BCUT2D eigenvalue weighted by Gasteiger charge is 2.41. The van der Waals surface area contributed by atoms with Crippen molar-refractivity contribution in [1.82, 2.24) is 24.9 Å². The summed E-state index contributed by atoms with van der Waals surface area (Å²) in [6.45, 7) is 4.36. The van der Waals surface area contributed by atoms with E-state index >= 15 is 0 Å². The van der Waals surface area contributed by atoms with Gasteiger partial charge in [0.05, 0.1) is 13.3 Å². The normalized spacial score (nSPS) is 21.8. The highest BCUT2D eigenvalue weighted by molar-refractivity contribution is 5.95. The van der Waals surface area contributed by atoms with Crippen LogP contribution in [-0.2, 0) is 9.59 Å². The molecule has 0 radical (unpaired) electrons. The molecule has 0 aliphatic carbocycles. The second-order valence-electron chi connectivity index (χ2n) is 7.22. The predicted octanol–water partition coefficient (Wildman–Crippen LogP) is 0.260. The molecule has 3 amide bonds. The van der Waals surface area contributed by atoms with E-state index < -0.39 is 12.1 Å². The summed E-state index contributed by atoms with van der Waals surface area (Å²) in [4.78, 5) is 43.8. The lowest BCUT2D eigenvalue weighted by molar-refractivity contribution is -0.136. The van der Waals surface area contributed by atoms with E-state index in [2.05, 4.69) is 10.2 Å². The molecule has 0 spiro atoms. The van der Waals surface area contributed by atoms with Crippen LogP contribution >= 0.6 is 0 Å². The topological polar surface area (TPSA) is 96.4 Å². The van der Waals surface area contributed by atoms with Crippen LogP contribution in [0, 0.1) is 0 Å². The van der Waals surface area contributed by atoms with Gasteiger partial charge in [-0.1, -0.05) is 13.3 Å². The molecule has 26 heavy (non-hydrogen) atoms. The first-order valence-corrected chi connectivity index (χ1v) is 9.17. The molecule has 144 valence electrons. The number of amides is 3. The van der Waals surface area contributed by atoms with E-state index in [0.29, 0.717) is 26.2 Å². The summed E-state index contributed by atoms with van der Waals surface area (Å²) in [6.07, 6.45) is 3.38. The Kier molecular flexibility index (Phi) is 5.24. The molecular formula is C17H27N5O4. The fourth-order valence-electron chi connectivity index (χ4n) is 3.98. The third-order valence-corrected chi connectivity index (χ3v) is 5.27. The van der Waals surface area contributed by atoms with Gasteiger partial charge in [0.25, 0.3) is 5.91 Å². The lowest BCUT2D eigenvalue weighted by atomic mass is 10.0. The Morgan fingerprint density at radius 2 is 2.00 bits per heavy atom. The second-order valence-corrected chi connectivity index (χ2v) is 7.22. The number of nitrogens with one attached hydrogen (secondary N) is 1. The van der Waals surface area contributed by atoms with Crippen molar-refractivity contribution in [1.29, 1.82) is 0 Å². The van der Waals surface area contributed by atoms with E-state index in [1.54, 1.807) is 4.90 Å². The lowest BCUT2D eigenvalue weighted by Crippen LogP contribution is -2.53.